The minimum atomic E-state index is -0.150. The van der Waals surface area contributed by atoms with E-state index in [0.717, 1.165) is 6.42 Å². The second-order valence-electron chi connectivity index (χ2n) is 4.31. The van der Waals surface area contributed by atoms with E-state index in [0.29, 0.717) is 19.3 Å². The van der Waals surface area contributed by atoms with Crippen molar-refractivity contribution < 1.29 is 9.53 Å². The van der Waals surface area contributed by atoms with Crippen LogP contribution in [-0.4, -0.2) is 23.4 Å². The molecule has 0 aliphatic carbocycles. The van der Waals surface area contributed by atoms with E-state index in [1.807, 2.05) is 19.1 Å². The van der Waals surface area contributed by atoms with Gasteiger partial charge in [0.15, 0.2) is 5.78 Å². The number of terminal acetylenes is 1. The topological polar surface area (TPSA) is 26.3 Å². The molecule has 0 bridgehead atoms. The van der Waals surface area contributed by atoms with Crippen molar-refractivity contribution in [3.8, 4) is 12.3 Å². The Kier molecular flexibility index (Phi) is 6.78. The third-order valence-electron chi connectivity index (χ3n) is 2.90. The van der Waals surface area contributed by atoms with E-state index in [1.165, 1.54) is 0 Å². The van der Waals surface area contributed by atoms with Crippen LogP contribution in [0.3, 0.4) is 0 Å². The van der Waals surface area contributed by atoms with Gasteiger partial charge >= 0.3 is 0 Å². The molecule has 0 N–H and O–H groups in total. The Balaban J connectivity index is 2.63. The Bertz CT molecular complexity index is 365. The SMILES string of the molecule is C#C/C=C/C[C@@H](Cl)[C@H]1CCC(=O)/C=C\[C@@H](CC)O1. The third-order valence-corrected chi connectivity index (χ3v) is 3.36. The van der Waals surface area contributed by atoms with Gasteiger partial charge in [0.2, 0.25) is 0 Å². The number of alkyl halides is 1. The van der Waals surface area contributed by atoms with Gasteiger partial charge in [0, 0.05) is 6.42 Å². The molecule has 1 aliphatic rings. The zero-order chi connectivity index (χ0) is 13.4. The van der Waals surface area contributed by atoms with Crippen LogP contribution in [0.15, 0.2) is 24.3 Å². The van der Waals surface area contributed by atoms with Crippen molar-refractivity contribution in [1.82, 2.24) is 0 Å². The fraction of sp³-hybridized carbons (Fsp3) is 0.533. The van der Waals surface area contributed by atoms with Crippen LogP contribution < -0.4 is 0 Å². The Labute approximate surface area is 114 Å². The van der Waals surface area contributed by atoms with E-state index < -0.39 is 0 Å². The van der Waals surface area contributed by atoms with Crippen molar-refractivity contribution >= 4 is 17.4 Å². The predicted octanol–water partition coefficient (Wildman–Crippen LogP) is 3.26. The fourth-order valence-electron chi connectivity index (χ4n) is 1.84. The first-order valence-electron chi connectivity index (χ1n) is 6.29. The van der Waals surface area contributed by atoms with E-state index >= 15 is 0 Å². The average Bonchev–Trinajstić information content (AvgIpc) is 2.35. The van der Waals surface area contributed by atoms with E-state index in [-0.39, 0.29) is 23.4 Å². The number of ketones is 1. The highest BCUT2D eigenvalue weighted by Crippen LogP contribution is 2.22. The first-order chi connectivity index (χ1) is 8.67. The number of hydrogen-bond donors (Lipinski definition) is 0. The molecule has 0 amide bonds. The zero-order valence-corrected chi connectivity index (χ0v) is 11.4. The maximum absolute atomic E-state index is 11.5. The van der Waals surface area contributed by atoms with Crippen molar-refractivity contribution in [2.24, 2.45) is 0 Å². The molecule has 0 saturated heterocycles. The van der Waals surface area contributed by atoms with Gasteiger partial charge in [-0.2, -0.15) is 0 Å². The number of allylic oxidation sites excluding steroid dienone is 3. The molecule has 2 nitrogen and oxygen atoms in total. The Morgan fingerprint density at radius 1 is 1.72 bits per heavy atom. The molecule has 98 valence electrons. The maximum atomic E-state index is 11.5. The minimum Gasteiger partial charge on any atom is -0.369 e. The second-order valence-corrected chi connectivity index (χ2v) is 4.87. The number of carbonyl (C=O) groups excluding carboxylic acids is 1. The molecule has 0 aromatic carbocycles. The first kappa shape index (κ1) is 15.0. The monoisotopic (exact) mass is 266 g/mol. The average molecular weight is 267 g/mol. The number of halogens is 1. The van der Waals surface area contributed by atoms with Crippen molar-refractivity contribution in [1.29, 1.82) is 0 Å². The van der Waals surface area contributed by atoms with Gasteiger partial charge in [-0.15, -0.1) is 18.0 Å². The highest BCUT2D eigenvalue weighted by atomic mass is 35.5. The molecule has 3 atom stereocenters. The lowest BCUT2D eigenvalue weighted by Gasteiger charge is -2.26. The van der Waals surface area contributed by atoms with Crippen molar-refractivity contribution in [2.75, 3.05) is 0 Å². The van der Waals surface area contributed by atoms with Crippen LogP contribution in [0.2, 0.25) is 0 Å². The van der Waals surface area contributed by atoms with E-state index in [4.69, 9.17) is 22.8 Å². The van der Waals surface area contributed by atoms with Crippen LogP contribution >= 0.6 is 11.6 Å². The van der Waals surface area contributed by atoms with E-state index in [9.17, 15) is 4.79 Å². The smallest absolute Gasteiger partial charge is 0.155 e. The molecule has 1 heterocycles. The van der Waals surface area contributed by atoms with Gasteiger partial charge in [0.05, 0.1) is 17.6 Å². The molecular formula is C15H19ClO2. The Morgan fingerprint density at radius 3 is 3.17 bits per heavy atom. The summed E-state index contributed by atoms with van der Waals surface area (Å²) in [5.74, 6) is 2.57. The molecule has 0 unspecified atom stereocenters. The quantitative estimate of drug-likeness (QED) is 0.577. The molecular weight excluding hydrogens is 248 g/mol. The van der Waals surface area contributed by atoms with Crippen molar-refractivity contribution in [3.63, 3.8) is 0 Å². The largest absolute Gasteiger partial charge is 0.369 e. The van der Waals surface area contributed by atoms with Crippen LogP contribution in [0.4, 0.5) is 0 Å². The van der Waals surface area contributed by atoms with Gasteiger partial charge in [-0.05, 0) is 31.4 Å². The number of carbonyl (C=O) groups is 1. The molecule has 0 fully saturated rings. The lowest BCUT2D eigenvalue weighted by atomic mass is 10.0. The van der Waals surface area contributed by atoms with Crippen molar-refractivity contribution in [2.45, 2.75) is 50.2 Å². The molecule has 0 aromatic heterocycles. The molecule has 0 aromatic rings. The number of ether oxygens (including phenoxy) is 1. The Morgan fingerprint density at radius 2 is 2.50 bits per heavy atom. The third kappa shape index (κ3) is 5.08. The highest BCUT2D eigenvalue weighted by Gasteiger charge is 2.23. The van der Waals surface area contributed by atoms with Gasteiger partial charge in [0.25, 0.3) is 0 Å². The van der Waals surface area contributed by atoms with Gasteiger partial charge in [-0.3, -0.25) is 4.79 Å². The minimum absolute atomic E-state index is 0.0305. The van der Waals surface area contributed by atoms with Gasteiger partial charge in [0.1, 0.15) is 0 Å². The van der Waals surface area contributed by atoms with Gasteiger partial charge < -0.3 is 4.74 Å². The predicted molar refractivity (Wildman–Crippen MR) is 74.6 cm³/mol. The van der Waals surface area contributed by atoms with Crippen LogP contribution in [0.5, 0.6) is 0 Å². The van der Waals surface area contributed by atoms with Crippen LogP contribution in [0.25, 0.3) is 0 Å². The number of rotatable bonds is 4. The lowest BCUT2D eigenvalue weighted by molar-refractivity contribution is -0.116. The normalized spacial score (nSPS) is 28.4. The molecule has 3 heteroatoms. The standard InChI is InChI=1S/C15H19ClO2/c1-3-5-6-7-14(16)15-11-9-12(17)8-10-13(4-2)18-15/h1,5-6,8,10,13-15H,4,7,9,11H2,2H3/b6-5+,10-8-/t13-,14-,15-/m1/s1. The summed E-state index contributed by atoms with van der Waals surface area (Å²) in [4.78, 5) is 11.5. The van der Waals surface area contributed by atoms with Crippen LogP contribution in [0.1, 0.15) is 32.6 Å². The molecule has 1 rings (SSSR count). The van der Waals surface area contributed by atoms with E-state index in [1.54, 1.807) is 12.2 Å². The van der Waals surface area contributed by atoms with Crippen LogP contribution in [-0.2, 0) is 9.53 Å². The second kappa shape index (κ2) is 8.13. The zero-order valence-electron chi connectivity index (χ0n) is 10.6. The lowest BCUT2D eigenvalue weighted by Crippen LogP contribution is -2.30. The summed E-state index contributed by atoms with van der Waals surface area (Å²) < 4.78 is 5.92. The summed E-state index contributed by atoms with van der Waals surface area (Å²) in [6, 6.07) is 0. The molecule has 0 radical (unpaired) electrons. The maximum Gasteiger partial charge on any atom is 0.155 e. The first-order valence-corrected chi connectivity index (χ1v) is 6.72. The van der Waals surface area contributed by atoms with E-state index in [2.05, 4.69) is 5.92 Å². The summed E-state index contributed by atoms with van der Waals surface area (Å²) in [6.45, 7) is 2.03. The van der Waals surface area contributed by atoms with Gasteiger partial charge in [-0.1, -0.05) is 25.0 Å². The van der Waals surface area contributed by atoms with Gasteiger partial charge in [-0.25, -0.2) is 0 Å². The molecule has 18 heavy (non-hydrogen) atoms. The summed E-state index contributed by atoms with van der Waals surface area (Å²) in [5.41, 5.74) is 0. The highest BCUT2D eigenvalue weighted by molar-refractivity contribution is 6.21. The summed E-state index contributed by atoms with van der Waals surface area (Å²) >= 11 is 6.31. The Hall–Kier alpha value is -1.04. The summed E-state index contributed by atoms with van der Waals surface area (Å²) in [5, 5.41) is -0.150. The number of hydrogen-bond acceptors (Lipinski definition) is 2. The summed E-state index contributed by atoms with van der Waals surface area (Å²) in [6.07, 6.45) is 14.6. The summed E-state index contributed by atoms with van der Waals surface area (Å²) in [7, 11) is 0. The molecule has 1 aliphatic heterocycles. The molecule has 0 saturated carbocycles. The fourth-order valence-corrected chi connectivity index (χ4v) is 2.12. The molecule has 0 spiro atoms. The van der Waals surface area contributed by atoms with Crippen LogP contribution in [0, 0.1) is 12.3 Å². The van der Waals surface area contributed by atoms with Crippen molar-refractivity contribution in [3.05, 3.63) is 24.3 Å².